The van der Waals surface area contributed by atoms with Crippen LogP contribution in [0.5, 0.6) is 0 Å². The van der Waals surface area contributed by atoms with Crippen molar-refractivity contribution < 1.29 is 9.59 Å². The Morgan fingerprint density at radius 2 is 1.69 bits per heavy atom. The van der Waals surface area contributed by atoms with E-state index in [1.54, 1.807) is 11.4 Å². The fraction of sp³-hybridized carbons (Fsp3) is 0.182. The van der Waals surface area contributed by atoms with Gasteiger partial charge in [-0.05, 0) is 48.2 Å². The first-order valence-corrected chi connectivity index (χ1v) is 11.4. The van der Waals surface area contributed by atoms with E-state index < -0.39 is 0 Å². The molecular formula is C22H21N3O2S2. The van der Waals surface area contributed by atoms with Crippen LogP contribution in [0, 0.1) is 0 Å². The zero-order valence-corrected chi connectivity index (χ0v) is 17.5. The number of carbonyl (C=O) groups is 2. The lowest BCUT2D eigenvalue weighted by Crippen LogP contribution is -2.35. The molecule has 1 heterocycles. The highest BCUT2D eigenvalue weighted by atomic mass is 32.2. The molecule has 148 valence electrons. The maximum absolute atomic E-state index is 12.6. The minimum absolute atomic E-state index is 0.101. The highest BCUT2D eigenvalue weighted by molar-refractivity contribution is 7.99. The SMILES string of the molecule is CSNc1cccc(NC(=O)c2cc(C(=O)NC3Cc4ccccc4C3)cs2)c1. The van der Waals surface area contributed by atoms with E-state index >= 15 is 0 Å². The molecule has 0 atom stereocenters. The minimum Gasteiger partial charge on any atom is -0.349 e. The van der Waals surface area contributed by atoms with Gasteiger partial charge in [0.1, 0.15) is 0 Å². The van der Waals surface area contributed by atoms with Crippen LogP contribution in [0.15, 0.2) is 60.0 Å². The van der Waals surface area contributed by atoms with Crippen LogP contribution in [0.3, 0.4) is 0 Å². The average Bonchev–Trinajstić information content (AvgIpc) is 3.35. The van der Waals surface area contributed by atoms with Gasteiger partial charge in [0.15, 0.2) is 0 Å². The van der Waals surface area contributed by atoms with E-state index in [1.165, 1.54) is 34.4 Å². The predicted octanol–water partition coefficient (Wildman–Crippen LogP) is 4.59. The lowest BCUT2D eigenvalue weighted by Gasteiger charge is -2.11. The Morgan fingerprint density at radius 3 is 2.41 bits per heavy atom. The molecule has 29 heavy (non-hydrogen) atoms. The molecule has 4 rings (SSSR count). The van der Waals surface area contributed by atoms with Crippen molar-refractivity contribution >= 4 is 46.5 Å². The lowest BCUT2D eigenvalue weighted by atomic mass is 10.1. The van der Waals surface area contributed by atoms with E-state index in [9.17, 15) is 9.59 Å². The molecule has 0 aliphatic heterocycles. The van der Waals surface area contributed by atoms with Crippen molar-refractivity contribution in [2.24, 2.45) is 0 Å². The molecule has 0 saturated heterocycles. The van der Waals surface area contributed by atoms with Crippen molar-refractivity contribution in [2.45, 2.75) is 18.9 Å². The summed E-state index contributed by atoms with van der Waals surface area (Å²) in [5.41, 5.74) is 4.73. The van der Waals surface area contributed by atoms with E-state index in [4.69, 9.17) is 0 Å². The molecule has 5 nitrogen and oxygen atoms in total. The summed E-state index contributed by atoms with van der Waals surface area (Å²) in [4.78, 5) is 25.7. The molecule has 0 radical (unpaired) electrons. The second kappa shape index (κ2) is 8.71. The topological polar surface area (TPSA) is 70.2 Å². The summed E-state index contributed by atoms with van der Waals surface area (Å²) in [7, 11) is 0. The van der Waals surface area contributed by atoms with Crippen molar-refractivity contribution in [1.82, 2.24) is 5.32 Å². The third-order valence-corrected chi connectivity index (χ3v) is 6.18. The largest absolute Gasteiger partial charge is 0.349 e. The second-order valence-electron chi connectivity index (χ2n) is 6.89. The van der Waals surface area contributed by atoms with Crippen molar-refractivity contribution in [1.29, 1.82) is 0 Å². The smallest absolute Gasteiger partial charge is 0.265 e. The third kappa shape index (κ3) is 4.63. The number of fused-ring (bicyclic) bond motifs is 1. The lowest BCUT2D eigenvalue weighted by molar-refractivity contribution is 0.0939. The fourth-order valence-corrected chi connectivity index (χ4v) is 4.62. The predicted molar refractivity (Wildman–Crippen MR) is 121 cm³/mol. The molecule has 0 unspecified atom stereocenters. The van der Waals surface area contributed by atoms with Gasteiger partial charge in [-0.1, -0.05) is 42.3 Å². The van der Waals surface area contributed by atoms with Crippen LogP contribution in [0.4, 0.5) is 11.4 Å². The number of thiophene rings is 1. The molecule has 1 aromatic heterocycles. The maximum atomic E-state index is 12.6. The summed E-state index contributed by atoms with van der Waals surface area (Å²) < 4.78 is 3.14. The van der Waals surface area contributed by atoms with E-state index in [1.807, 2.05) is 42.7 Å². The van der Waals surface area contributed by atoms with Gasteiger partial charge in [0.25, 0.3) is 11.8 Å². The monoisotopic (exact) mass is 423 g/mol. The highest BCUT2D eigenvalue weighted by Gasteiger charge is 2.23. The molecule has 2 aromatic carbocycles. The van der Waals surface area contributed by atoms with Crippen LogP contribution in [-0.2, 0) is 12.8 Å². The standard InChI is InChI=1S/C22H21N3O2S2/c1-28-25-18-8-4-7-17(12-18)23-22(27)20-11-16(13-29-20)21(26)24-19-9-14-5-2-3-6-15(14)10-19/h2-8,11-13,19,25H,9-10H2,1H3,(H,23,27)(H,24,26). The Hall–Kier alpha value is -2.77. The van der Waals surface area contributed by atoms with Crippen molar-refractivity contribution in [2.75, 3.05) is 16.3 Å². The van der Waals surface area contributed by atoms with E-state index in [0.29, 0.717) is 16.1 Å². The average molecular weight is 424 g/mol. The Kier molecular flexibility index (Phi) is 5.87. The molecule has 3 N–H and O–H groups in total. The van der Waals surface area contributed by atoms with Gasteiger partial charge in [-0.15, -0.1) is 11.3 Å². The van der Waals surface area contributed by atoms with Crippen molar-refractivity contribution in [3.8, 4) is 0 Å². The number of rotatable bonds is 6. The molecule has 1 aliphatic carbocycles. The molecular weight excluding hydrogens is 402 g/mol. The van der Waals surface area contributed by atoms with Crippen LogP contribution >= 0.6 is 23.3 Å². The molecule has 7 heteroatoms. The van der Waals surface area contributed by atoms with Crippen molar-refractivity contribution in [3.05, 3.63) is 81.5 Å². The molecule has 0 saturated carbocycles. The maximum Gasteiger partial charge on any atom is 0.265 e. The van der Waals surface area contributed by atoms with Gasteiger partial charge in [0.05, 0.1) is 10.4 Å². The molecule has 3 aromatic rings. The van der Waals surface area contributed by atoms with Gasteiger partial charge in [0, 0.05) is 29.1 Å². The number of amides is 2. The summed E-state index contributed by atoms with van der Waals surface area (Å²) in [5.74, 6) is -0.354. The normalized spacial score (nSPS) is 13.0. The highest BCUT2D eigenvalue weighted by Crippen LogP contribution is 2.23. The van der Waals surface area contributed by atoms with Gasteiger partial charge in [-0.3, -0.25) is 9.59 Å². The molecule has 1 aliphatic rings. The summed E-state index contributed by atoms with van der Waals surface area (Å²) in [6, 6.07) is 17.5. The van der Waals surface area contributed by atoms with Gasteiger partial charge >= 0.3 is 0 Å². The van der Waals surface area contributed by atoms with E-state index in [-0.39, 0.29) is 17.9 Å². The zero-order chi connectivity index (χ0) is 20.2. The first-order valence-electron chi connectivity index (χ1n) is 9.29. The fourth-order valence-electron chi connectivity index (χ4n) is 3.48. The van der Waals surface area contributed by atoms with Crippen molar-refractivity contribution in [3.63, 3.8) is 0 Å². The molecule has 0 bridgehead atoms. The number of hydrogen-bond acceptors (Lipinski definition) is 5. The number of carbonyl (C=O) groups excluding carboxylic acids is 2. The van der Waals surface area contributed by atoms with Crippen LogP contribution in [0.25, 0.3) is 0 Å². The van der Waals surface area contributed by atoms with E-state index in [2.05, 4.69) is 27.5 Å². The first kappa shape index (κ1) is 19.5. The first-order chi connectivity index (χ1) is 14.1. The van der Waals surface area contributed by atoms with Crippen LogP contribution in [-0.4, -0.2) is 24.1 Å². The minimum atomic E-state index is -0.219. The van der Waals surface area contributed by atoms with Gasteiger partial charge in [0.2, 0.25) is 0 Å². The Labute approximate surface area is 178 Å². The quantitative estimate of drug-likeness (QED) is 0.507. The molecule has 0 fully saturated rings. The Morgan fingerprint density at radius 1 is 0.966 bits per heavy atom. The molecule has 2 amide bonds. The number of nitrogens with one attached hydrogen (secondary N) is 3. The summed E-state index contributed by atoms with van der Waals surface area (Å²) in [6.07, 6.45) is 3.63. The third-order valence-electron chi connectivity index (χ3n) is 4.81. The summed E-state index contributed by atoms with van der Waals surface area (Å²) in [6.45, 7) is 0. The number of benzene rings is 2. The summed E-state index contributed by atoms with van der Waals surface area (Å²) >= 11 is 2.76. The summed E-state index contributed by atoms with van der Waals surface area (Å²) in [5, 5.41) is 7.71. The van der Waals surface area contributed by atoms with Crippen LogP contribution in [0.2, 0.25) is 0 Å². The molecule has 0 spiro atoms. The van der Waals surface area contributed by atoms with Gasteiger partial charge in [-0.25, -0.2) is 0 Å². The van der Waals surface area contributed by atoms with Gasteiger partial charge in [-0.2, -0.15) is 0 Å². The Bertz CT molecular complexity index is 1020. The van der Waals surface area contributed by atoms with Crippen LogP contribution in [0.1, 0.15) is 31.2 Å². The van der Waals surface area contributed by atoms with E-state index in [0.717, 1.165) is 18.5 Å². The zero-order valence-electron chi connectivity index (χ0n) is 15.9. The number of hydrogen-bond donors (Lipinski definition) is 3. The van der Waals surface area contributed by atoms with Crippen LogP contribution < -0.4 is 15.4 Å². The number of anilines is 2. The Balaban J connectivity index is 1.37. The second-order valence-corrected chi connectivity index (χ2v) is 8.41. The van der Waals surface area contributed by atoms with Gasteiger partial charge < -0.3 is 15.4 Å².